The predicted molar refractivity (Wildman–Crippen MR) is 66.2 cm³/mol. The fourth-order valence-corrected chi connectivity index (χ4v) is 1.76. The van der Waals surface area contributed by atoms with Crippen LogP contribution in [0.25, 0.3) is 6.08 Å². The highest BCUT2D eigenvalue weighted by atomic mass is 16.5. The molecule has 0 aliphatic carbocycles. The van der Waals surface area contributed by atoms with Crippen LogP contribution in [0.4, 0.5) is 5.69 Å². The molecule has 6 nitrogen and oxygen atoms in total. The van der Waals surface area contributed by atoms with Crippen LogP contribution in [0.15, 0.2) is 22.7 Å². The number of phenolic OH excluding ortho intramolecular Hbond substituents is 1. The number of phenols is 1. The Morgan fingerprint density at radius 3 is 2.83 bits per heavy atom. The van der Waals surface area contributed by atoms with Gasteiger partial charge in [-0.25, -0.2) is 9.79 Å². The number of fused-ring (bicyclic) bond motifs is 1. The van der Waals surface area contributed by atoms with Crippen molar-refractivity contribution in [2.24, 2.45) is 10.7 Å². The van der Waals surface area contributed by atoms with Gasteiger partial charge in [0.1, 0.15) is 11.5 Å². The van der Waals surface area contributed by atoms with E-state index in [9.17, 15) is 9.90 Å². The molecule has 1 aromatic carbocycles. The Bertz CT molecular complexity index is 576. The number of aliphatic imine (C=N–C) groups is 1. The van der Waals surface area contributed by atoms with Crippen LogP contribution in [0.3, 0.4) is 0 Å². The van der Waals surface area contributed by atoms with Crippen LogP contribution in [0.1, 0.15) is 12.0 Å². The Balaban J connectivity index is 2.69. The number of carbonyl (C=O) groups is 1. The van der Waals surface area contributed by atoms with Gasteiger partial charge in [-0.15, -0.1) is 0 Å². The summed E-state index contributed by atoms with van der Waals surface area (Å²) in [5.74, 6) is -0.780. The van der Waals surface area contributed by atoms with Gasteiger partial charge in [-0.3, -0.25) is 0 Å². The monoisotopic (exact) mass is 248 g/mol. The summed E-state index contributed by atoms with van der Waals surface area (Å²) in [4.78, 5) is 15.1. The molecule has 1 aliphatic heterocycles. The standard InChI is InChI=1S/C12H12N2O4/c1-18-11-8(15)3-2-6-4-7(12(16)17)5-9(13)14-10(6)11/h2-4,15H,5H2,1H3,(H2,13,14)(H,16,17). The third-order valence-corrected chi connectivity index (χ3v) is 2.58. The minimum absolute atomic E-state index is 0.0495. The van der Waals surface area contributed by atoms with Crippen LogP contribution in [0.5, 0.6) is 11.5 Å². The number of amidine groups is 1. The van der Waals surface area contributed by atoms with Crippen molar-refractivity contribution in [3.05, 3.63) is 23.3 Å². The zero-order valence-corrected chi connectivity index (χ0v) is 9.67. The fourth-order valence-electron chi connectivity index (χ4n) is 1.76. The predicted octanol–water partition coefficient (Wildman–Crippen LogP) is 1.26. The van der Waals surface area contributed by atoms with E-state index in [1.807, 2.05) is 0 Å². The number of rotatable bonds is 2. The Morgan fingerprint density at radius 2 is 2.22 bits per heavy atom. The lowest BCUT2D eigenvalue weighted by molar-refractivity contribution is -0.132. The molecule has 0 saturated heterocycles. The summed E-state index contributed by atoms with van der Waals surface area (Å²) in [6.07, 6.45) is 1.52. The Morgan fingerprint density at radius 1 is 1.50 bits per heavy atom. The Labute approximate surface area is 103 Å². The lowest BCUT2D eigenvalue weighted by atomic mass is 10.1. The minimum Gasteiger partial charge on any atom is -0.504 e. The number of carboxylic acids is 1. The molecular formula is C12H12N2O4. The van der Waals surface area contributed by atoms with Crippen molar-refractivity contribution in [1.29, 1.82) is 0 Å². The van der Waals surface area contributed by atoms with E-state index in [0.29, 0.717) is 11.3 Å². The average molecular weight is 248 g/mol. The van der Waals surface area contributed by atoms with Gasteiger partial charge < -0.3 is 20.7 Å². The van der Waals surface area contributed by atoms with Crippen molar-refractivity contribution in [3.63, 3.8) is 0 Å². The second kappa shape index (κ2) is 4.40. The number of benzene rings is 1. The van der Waals surface area contributed by atoms with Crippen molar-refractivity contribution in [2.45, 2.75) is 6.42 Å². The summed E-state index contributed by atoms with van der Waals surface area (Å²) in [5.41, 5.74) is 6.68. The highest BCUT2D eigenvalue weighted by Gasteiger charge is 2.19. The molecule has 1 aliphatic rings. The van der Waals surface area contributed by atoms with Crippen molar-refractivity contribution in [3.8, 4) is 11.5 Å². The van der Waals surface area contributed by atoms with Gasteiger partial charge in [0, 0.05) is 17.6 Å². The van der Waals surface area contributed by atoms with E-state index in [-0.39, 0.29) is 29.3 Å². The first-order chi connectivity index (χ1) is 8.52. The molecule has 1 aromatic rings. The van der Waals surface area contributed by atoms with E-state index in [0.717, 1.165) is 0 Å². The van der Waals surface area contributed by atoms with Gasteiger partial charge in [-0.2, -0.15) is 0 Å². The molecule has 0 radical (unpaired) electrons. The molecule has 2 rings (SSSR count). The van der Waals surface area contributed by atoms with Crippen molar-refractivity contribution >= 4 is 23.6 Å². The molecule has 0 amide bonds. The van der Waals surface area contributed by atoms with Gasteiger partial charge >= 0.3 is 5.97 Å². The normalized spacial score (nSPS) is 14.1. The first kappa shape index (κ1) is 12.0. The summed E-state index contributed by atoms with van der Waals surface area (Å²) >= 11 is 0. The molecule has 94 valence electrons. The SMILES string of the molecule is COc1c(O)ccc2c1N=C(N)CC(C(=O)O)=C2. The van der Waals surface area contributed by atoms with Gasteiger partial charge in [0.2, 0.25) is 0 Å². The number of aromatic hydroxyl groups is 1. The Hall–Kier alpha value is -2.50. The number of hydrogen-bond donors (Lipinski definition) is 3. The molecule has 0 spiro atoms. The van der Waals surface area contributed by atoms with E-state index < -0.39 is 5.97 Å². The number of nitrogens with zero attached hydrogens (tertiary/aromatic N) is 1. The molecule has 0 unspecified atom stereocenters. The quantitative estimate of drug-likeness (QED) is 0.730. The molecule has 0 saturated carbocycles. The molecule has 0 atom stereocenters. The summed E-state index contributed by atoms with van der Waals surface area (Å²) in [6, 6.07) is 2.99. The van der Waals surface area contributed by atoms with Gasteiger partial charge in [0.05, 0.1) is 7.11 Å². The third kappa shape index (κ3) is 2.00. The molecule has 0 bridgehead atoms. The van der Waals surface area contributed by atoms with Crippen LogP contribution in [-0.4, -0.2) is 29.1 Å². The van der Waals surface area contributed by atoms with Crippen molar-refractivity contribution in [2.75, 3.05) is 7.11 Å². The molecule has 1 heterocycles. The van der Waals surface area contributed by atoms with E-state index in [4.69, 9.17) is 15.6 Å². The largest absolute Gasteiger partial charge is 0.504 e. The molecule has 4 N–H and O–H groups in total. The highest BCUT2D eigenvalue weighted by Crippen LogP contribution is 2.41. The van der Waals surface area contributed by atoms with E-state index in [2.05, 4.69) is 4.99 Å². The van der Waals surface area contributed by atoms with Crippen molar-refractivity contribution < 1.29 is 19.7 Å². The average Bonchev–Trinajstić information content (AvgIpc) is 2.47. The zero-order valence-electron chi connectivity index (χ0n) is 9.67. The third-order valence-electron chi connectivity index (χ3n) is 2.58. The number of carboxylic acid groups (broad SMARTS) is 1. The van der Waals surface area contributed by atoms with E-state index in [1.54, 1.807) is 6.07 Å². The maximum atomic E-state index is 11.0. The van der Waals surface area contributed by atoms with E-state index in [1.165, 1.54) is 19.3 Å². The van der Waals surface area contributed by atoms with E-state index >= 15 is 0 Å². The summed E-state index contributed by atoms with van der Waals surface area (Å²) in [6.45, 7) is 0. The number of methoxy groups -OCH3 is 1. The second-order valence-electron chi connectivity index (χ2n) is 3.81. The van der Waals surface area contributed by atoms with Crippen LogP contribution in [0, 0.1) is 0 Å². The van der Waals surface area contributed by atoms with Gasteiger partial charge in [0.25, 0.3) is 0 Å². The van der Waals surface area contributed by atoms with Crippen LogP contribution in [0.2, 0.25) is 0 Å². The molecule has 0 aromatic heterocycles. The Kier molecular flexibility index (Phi) is 2.93. The lowest BCUT2D eigenvalue weighted by Gasteiger charge is -2.09. The topological polar surface area (TPSA) is 105 Å². The second-order valence-corrected chi connectivity index (χ2v) is 3.81. The number of hydrogen-bond acceptors (Lipinski definition) is 5. The summed E-state index contributed by atoms with van der Waals surface area (Å²) < 4.78 is 5.05. The summed E-state index contributed by atoms with van der Waals surface area (Å²) in [7, 11) is 1.40. The van der Waals surface area contributed by atoms with Crippen LogP contribution < -0.4 is 10.5 Å². The zero-order chi connectivity index (χ0) is 13.3. The van der Waals surface area contributed by atoms with Gasteiger partial charge in [-0.1, -0.05) is 0 Å². The van der Waals surface area contributed by atoms with Crippen LogP contribution in [-0.2, 0) is 4.79 Å². The minimum atomic E-state index is -1.05. The molecular weight excluding hydrogens is 236 g/mol. The lowest BCUT2D eigenvalue weighted by Crippen LogP contribution is -2.14. The number of nitrogens with two attached hydrogens (primary N) is 1. The maximum absolute atomic E-state index is 11.0. The number of ether oxygens (including phenoxy) is 1. The highest BCUT2D eigenvalue weighted by molar-refractivity contribution is 6.03. The molecule has 6 heteroatoms. The fraction of sp³-hybridized carbons (Fsp3) is 0.167. The first-order valence-electron chi connectivity index (χ1n) is 5.19. The van der Waals surface area contributed by atoms with Gasteiger partial charge in [0.15, 0.2) is 11.5 Å². The smallest absolute Gasteiger partial charge is 0.332 e. The summed E-state index contributed by atoms with van der Waals surface area (Å²) in [5, 5.41) is 18.7. The molecule has 18 heavy (non-hydrogen) atoms. The number of aliphatic carboxylic acids is 1. The van der Waals surface area contributed by atoms with Crippen LogP contribution >= 0.6 is 0 Å². The van der Waals surface area contributed by atoms with Crippen molar-refractivity contribution in [1.82, 2.24) is 0 Å². The molecule has 0 fully saturated rings. The maximum Gasteiger partial charge on any atom is 0.332 e. The first-order valence-corrected chi connectivity index (χ1v) is 5.19. The van der Waals surface area contributed by atoms with Gasteiger partial charge in [-0.05, 0) is 18.2 Å².